The number of nitrogens with one attached hydrogen (secondary N) is 1. The summed E-state index contributed by atoms with van der Waals surface area (Å²) in [6.07, 6.45) is 0.526. The molecule has 7 nitrogen and oxygen atoms in total. The molecule has 0 aromatic heterocycles. The number of hydrogen-bond acceptors (Lipinski definition) is 5. The summed E-state index contributed by atoms with van der Waals surface area (Å²) in [6.45, 7) is 0. The molecule has 20 heavy (non-hydrogen) atoms. The molecule has 1 aromatic rings. The first-order valence-electron chi connectivity index (χ1n) is 6.16. The van der Waals surface area contributed by atoms with Gasteiger partial charge in [-0.1, -0.05) is 0 Å². The third-order valence-electron chi connectivity index (χ3n) is 3.19. The Balaban J connectivity index is 2.11. The van der Waals surface area contributed by atoms with Gasteiger partial charge in [-0.15, -0.1) is 0 Å². The number of nitrogens with two attached hydrogens (primary N) is 2. The summed E-state index contributed by atoms with van der Waals surface area (Å²) in [5.74, 6) is -1.09. The zero-order chi connectivity index (χ0) is 14.9. The van der Waals surface area contributed by atoms with Crippen LogP contribution in [0.4, 0.5) is 11.4 Å². The molecule has 1 atom stereocenters. The maximum atomic E-state index is 12.1. The van der Waals surface area contributed by atoms with Crippen molar-refractivity contribution in [3.63, 3.8) is 0 Å². The van der Waals surface area contributed by atoms with Gasteiger partial charge in [0.25, 0.3) is 11.8 Å². The Kier molecular flexibility index (Phi) is 3.60. The summed E-state index contributed by atoms with van der Waals surface area (Å²) in [5, 5.41) is 2.60. The fourth-order valence-electron chi connectivity index (χ4n) is 2.10. The molecular formula is C13H16N4O3. The van der Waals surface area contributed by atoms with Crippen LogP contribution in [0.15, 0.2) is 18.2 Å². The van der Waals surface area contributed by atoms with E-state index in [-0.39, 0.29) is 17.9 Å². The Bertz CT molecular complexity index is 565. The van der Waals surface area contributed by atoms with Crippen molar-refractivity contribution in [2.75, 3.05) is 18.5 Å². The summed E-state index contributed by atoms with van der Waals surface area (Å²) in [6, 6.07) is 3.80. The fourth-order valence-corrected chi connectivity index (χ4v) is 2.10. The fraction of sp³-hybridized carbons (Fsp3) is 0.308. The quantitative estimate of drug-likeness (QED) is 0.507. The number of likely N-dealkylation sites (tertiary alicyclic amines) is 1. The number of carbonyl (C=O) groups excluding carboxylic acids is 3. The first kappa shape index (κ1) is 13.9. The van der Waals surface area contributed by atoms with Crippen molar-refractivity contribution >= 4 is 29.1 Å². The third kappa shape index (κ3) is 2.71. The minimum Gasteiger partial charge on any atom is -0.399 e. The number of nitrogens with zero attached hydrogens (tertiary/aromatic N) is 1. The second-order valence-electron chi connectivity index (χ2n) is 4.74. The normalized spacial score (nSPS) is 19.1. The Morgan fingerprint density at radius 2 is 1.85 bits per heavy atom. The molecule has 1 fully saturated rings. The maximum absolute atomic E-state index is 12.1. The Morgan fingerprint density at radius 1 is 1.25 bits per heavy atom. The molecule has 1 saturated heterocycles. The van der Waals surface area contributed by atoms with Crippen molar-refractivity contribution in [3.05, 3.63) is 23.8 Å². The first-order valence-corrected chi connectivity index (χ1v) is 6.16. The molecule has 2 rings (SSSR count). The second kappa shape index (κ2) is 5.20. The first-order chi connectivity index (χ1) is 9.38. The molecule has 0 bridgehead atoms. The Labute approximate surface area is 115 Å². The molecule has 0 spiro atoms. The van der Waals surface area contributed by atoms with Crippen LogP contribution in [-0.4, -0.2) is 35.7 Å². The van der Waals surface area contributed by atoms with Crippen molar-refractivity contribution in [1.29, 1.82) is 0 Å². The van der Waals surface area contributed by atoms with E-state index in [1.807, 2.05) is 0 Å². The van der Waals surface area contributed by atoms with E-state index in [4.69, 9.17) is 11.5 Å². The van der Waals surface area contributed by atoms with Gasteiger partial charge in [-0.05, 0) is 24.6 Å². The molecular weight excluding hydrogens is 260 g/mol. The molecule has 1 heterocycles. The van der Waals surface area contributed by atoms with Gasteiger partial charge in [-0.25, -0.2) is 0 Å². The van der Waals surface area contributed by atoms with Crippen LogP contribution in [0, 0.1) is 0 Å². The van der Waals surface area contributed by atoms with Gasteiger partial charge in [0, 0.05) is 30.4 Å². The number of anilines is 2. The van der Waals surface area contributed by atoms with Crippen LogP contribution in [-0.2, 0) is 9.59 Å². The van der Waals surface area contributed by atoms with Gasteiger partial charge in [-0.2, -0.15) is 0 Å². The van der Waals surface area contributed by atoms with Gasteiger partial charge < -0.3 is 16.8 Å². The summed E-state index contributed by atoms with van der Waals surface area (Å²) in [4.78, 5) is 36.3. The number of benzene rings is 1. The highest BCUT2D eigenvalue weighted by atomic mass is 16.2. The molecule has 1 aromatic carbocycles. The number of amides is 3. The highest BCUT2D eigenvalue weighted by Crippen LogP contribution is 2.16. The van der Waals surface area contributed by atoms with Gasteiger partial charge in [0.1, 0.15) is 6.04 Å². The summed E-state index contributed by atoms with van der Waals surface area (Å²) < 4.78 is 0. The summed E-state index contributed by atoms with van der Waals surface area (Å²) in [7, 11) is 1.40. The largest absolute Gasteiger partial charge is 0.399 e. The molecule has 1 aliphatic rings. The zero-order valence-corrected chi connectivity index (χ0v) is 11.1. The second-order valence-corrected chi connectivity index (χ2v) is 4.74. The van der Waals surface area contributed by atoms with E-state index < -0.39 is 17.9 Å². The standard InChI is InChI=1S/C13H16N4O3/c1-17-11(18)3-2-10(13(17)20)16-12(19)7-4-8(14)6-9(15)5-7/h4-6,10H,2-3,14-15H2,1H3,(H,16,19). The van der Waals surface area contributed by atoms with Gasteiger partial charge >= 0.3 is 0 Å². The minimum absolute atomic E-state index is 0.228. The summed E-state index contributed by atoms with van der Waals surface area (Å²) >= 11 is 0. The van der Waals surface area contributed by atoms with Crippen molar-refractivity contribution in [3.8, 4) is 0 Å². The topological polar surface area (TPSA) is 119 Å². The molecule has 3 amide bonds. The van der Waals surface area contributed by atoms with E-state index in [0.29, 0.717) is 17.8 Å². The Morgan fingerprint density at radius 3 is 2.45 bits per heavy atom. The average molecular weight is 276 g/mol. The van der Waals surface area contributed by atoms with Gasteiger partial charge in [0.05, 0.1) is 0 Å². The van der Waals surface area contributed by atoms with Crippen LogP contribution in [0.3, 0.4) is 0 Å². The molecule has 106 valence electrons. The highest BCUT2D eigenvalue weighted by Gasteiger charge is 2.32. The van der Waals surface area contributed by atoms with E-state index in [2.05, 4.69) is 5.32 Å². The van der Waals surface area contributed by atoms with Crippen LogP contribution in [0.2, 0.25) is 0 Å². The van der Waals surface area contributed by atoms with Gasteiger partial charge in [0.15, 0.2) is 0 Å². The van der Waals surface area contributed by atoms with Crippen LogP contribution in [0.5, 0.6) is 0 Å². The predicted molar refractivity (Wildman–Crippen MR) is 73.5 cm³/mol. The molecule has 7 heteroatoms. The SMILES string of the molecule is CN1C(=O)CCC(NC(=O)c2cc(N)cc(N)c2)C1=O. The van der Waals surface area contributed by atoms with Gasteiger partial charge in [-0.3, -0.25) is 19.3 Å². The number of nitrogen functional groups attached to an aromatic ring is 2. The monoisotopic (exact) mass is 276 g/mol. The van der Waals surface area contributed by atoms with E-state index in [9.17, 15) is 14.4 Å². The smallest absolute Gasteiger partial charge is 0.252 e. The lowest BCUT2D eigenvalue weighted by atomic mass is 10.0. The van der Waals surface area contributed by atoms with E-state index in [1.165, 1.54) is 25.2 Å². The molecule has 0 radical (unpaired) electrons. The number of carbonyl (C=O) groups is 3. The van der Waals surface area contributed by atoms with Crippen LogP contribution in [0.25, 0.3) is 0 Å². The van der Waals surface area contributed by atoms with Crippen LogP contribution in [0.1, 0.15) is 23.2 Å². The van der Waals surface area contributed by atoms with Crippen molar-refractivity contribution in [1.82, 2.24) is 10.2 Å². The van der Waals surface area contributed by atoms with E-state index in [1.54, 1.807) is 0 Å². The number of piperidine rings is 1. The van der Waals surface area contributed by atoms with Crippen molar-refractivity contribution < 1.29 is 14.4 Å². The molecule has 0 saturated carbocycles. The zero-order valence-electron chi connectivity index (χ0n) is 11.1. The summed E-state index contributed by atoms with van der Waals surface area (Å²) in [5.41, 5.74) is 12.3. The molecule has 0 aliphatic carbocycles. The van der Waals surface area contributed by atoms with Gasteiger partial charge in [0.2, 0.25) is 5.91 Å². The van der Waals surface area contributed by atoms with Crippen LogP contribution >= 0.6 is 0 Å². The van der Waals surface area contributed by atoms with Crippen molar-refractivity contribution in [2.24, 2.45) is 0 Å². The number of imide groups is 1. The van der Waals surface area contributed by atoms with Crippen LogP contribution < -0.4 is 16.8 Å². The van der Waals surface area contributed by atoms with E-state index >= 15 is 0 Å². The molecule has 1 aliphatic heterocycles. The lowest BCUT2D eigenvalue weighted by Crippen LogP contribution is -2.52. The van der Waals surface area contributed by atoms with Crippen molar-refractivity contribution in [2.45, 2.75) is 18.9 Å². The number of likely N-dealkylation sites (N-methyl/N-ethyl adjacent to an activating group) is 1. The lowest BCUT2D eigenvalue weighted by molar-refractivity contribution is -0.147. The molecule has 5 N–H and O–H groups in total. The minimum atomic E-state index is -0.701. The number of hydrogen-bond donors (Lipinski definition) is 3. The molecule has 1 unspecified atom stereocenters. The highest BCUT2D eigenvalue weighted by molar-refractivity contribution is 6.04. The predicted octanol–water partition coefficient (Wildman–Crippen LogP) is -0.272. The Hall–Kier alpha value is -2.57. The third-order valence-corrected chi connectivity index (χ3v) is 3.19. The average Bonchev–Trinajstić information content (AvgIpc) is 2.38. The lowest BCUT2D eigenvalue weighted by Gasteiger charge is -2.28. The maximum Gasteiger partial charge on any atom is 0.252 e. The number of rotatable bonds is 2. The van der Waals surface area contributed by atoms with E-state index in [0.717, 1.165) is 4.90 Å².